The lowest BCUT2D eigenvalue weighted by Gasteiger charge is -2.06. The molecule has 2 N–H and O–H groups in total. The van der Waals surface area contributed by atoms with Crippen LogP contribution >= 0.6 is 0 Å². The molecular weight excluding hydrogens is 284 g/mol. The van der Waals surface area contributed by atoms with Gasteiger partial charge in [-0.05, 0) is 37.3 Å². The van der Waals surface area contributed by atoms with E-state index in [9.17, 15) is 14.9 Å². The molecule has 7 heteroatoms. The van der Waals surface area contributed by atoms with E-state index >= 15 is 0 Å². The zero-order valence-corrected chi connectivity index (χ0v) is 11.7. The number of carbonyl (C=O) groups is 1. The Hall–Kier alpha value is -3.22. The molecule has 0 aliphatic carbocycles. The van der Waals surface area contributed by atoms with Crippen LogP contribution in [0.15, 0.2) is 42.7 Å². The maximum absolute atomic E-state index is 12.2. The number of nitro groups is 1. The molecule has 0 aliphatic rings. The van der Waals surface area contributed by atoms with Gasteiger partial charge in [-0.3, -0.25) is 14.9 Å². The number of aromatic nitrogens is 2. The number of rotatable bonds is 3. The van der Waals surface area contributed by atoms with Crippen LogP contribution in [0.25, 0.3) is 11.0 Å². The minimum Gasteiger partial charge on any atom is -0.345 e. The van der Waals surface area contributed by atoms with Crippen molar-refractivity contribution in [1.82, 2.24) is 9.97 Å². The third kappa shape index (κ3) is 2.51. The Kier molecular flexibility index (Phi) is 3.30. The van der Waals surface area contributed by atoms with Gasteiger partial charge in [0.1, 0.15) is 0 Å². The van der Waals surface area contributed by atoms with E-state index in [4.69, 9.17) is 0 Å². The highest BCUT2D eigenvalue weighted by Crippen LogP contribution is 2.20. The van der Waals surface area contributed by atoms with E-state index in [0.29, 0.717) is 16.8 Å². The molecule has 1 heterocycles. The first-order chi connectivity index (χ1) is 10.5. The van der Waals surface area contributed by atoms with Crippen molar-refractivity contribution < 1.29 is 9.72 Å². The summed E-state index contributed by atoms with van der Waals surface area (Å²) < 4.78 is 0. The third-order valence-corrected chi connectivity index (χ3v) is 3.33. The Balaban J connectivity index is 1.84. The molecular formula is C15H12N4O3. The standard InChI is InChI=1S/C15H12N4O3/c1-9-6-10(2-5-14(9)19(21)22)15(20)18-11-3-4-12-13(7-11)17-8-16-12/h2-8H,1H3,(H,16,17)(H,18,20). The minimum atomic E-state index is -0.469. The SMILES string of the molecule is Cc1cc(C(=O)Nc2ccc3nc[nH]c3c2)ccc1[N+](=O)[O-]. The molecule has 0 unspecified atom stereocenters. The molecule has 2 aromatic carbocycles. The summed E-state index contributed by atoms with van der Waals surface area (Å²) in [6.45, 7) is 1.60. The first kappa shape index (κ1) is 13.7. The average Bonchev–Trinajstić information content (AvgIpc) is 2.94. The largest absolute Gasteiger partial charge is 0.345 e. The van der Waals surface area contributed by atoms with Crippen molar-refractivity contribution in [1.29, 1.82) is 0 Å². The first-order valence-corrected chi connectivity index (χ1v) is 6.54. The van der Waals surface area contributed by atoms with Crippen molar-refractivity contribution in [2.75, 3.05) is 5.32 Å². The van der Waals surface area contributed by atoms with Gasteiger partial charge >= 0.3 is 0 Å². The van der Waals surface area contributed by atoms with Crippen LogP contribution in [-0.2, 0) is 0 Å². The van der Waals surface area contributed by atoms with Crippen LogP contribution in [0.5, 0.6) is 0 Å². The van der Waals surface area contributed by atoms with Crippen molar-refractivity contribution in [3.8, 4) is 0 Å². The number of hydrogen-bond donors (Lipinski definition) is 2. The second-order valence-electron chi connectivity index (χ2n) is 4.85. The van der Waals surface area contributed by atoms with Crippen LogP contribution in [0.4, 0.5) is 11.4 Å². The Morgan fingerprint density at radius 2 is 2.09 bits per heavy atom. The Morgan fingerprint density at radius 3 is 2.82 bits per heavy atom. The summed E-state index contributed by atoms with van der Waals surface area (Å²) in [6.07, 6.45) is 1.58. The van der Waals surface area contributed by atoms with Gasteiger partial charge in [-0.1, -0.05) is 0 Å². The number of aryl methyl sites for hydroxylation is 1. The van der Waals surface area contributed by atoms with Gasteiger partial charge in [-0.2, -0.15) is 0 Å². The fourth-order valence-electron chi connectivity index (χ4n) is 2.22. The van der Waals surface area contributed by atoms with Gasteiger partial charge in [0.15, 0.2) is 0 Å². The fraction of sp³-hybridized carbons (Fsp3) is 0.0667. The summed E-state index contributed by atoms with van der Waals surface area (Å²) in [4.78, 5) is 29.6. The summed E-state index contributed by atoms with van der Waals surface area (Å²) in [5.74, 6) is -0.322. The number of hydrogen-bond acceptors (Lipinski definition) is 4. The molecule has 0 radical (unpaired) electrons. The Bertz CT molecular complexity index is 885. The van der Waals surface area contributed by atoms with Crippen molar-refractivity contribution >= 4 is 28.3 Å². The van der Waals surface area contributed by atoms with E-state index in [0.717, 1.165) is 11.0 Å². The molecule has 7 nitrogen and oxygen atoms in total. The molecule has 22 heavy (non-hydrogen) atoms. The highest BCUT2D eigenvalue weighted by molar-refractivity contribution is 6.05. The molecule has 0 fully saturated rings. The average molecular weight is 296 g/mol. The van der Waals surface area contributed by atoms with Crippen LogP contribution in [0.3, 0.4) is 0 Å². The molecule has 0 atom stereocenters. The van der Waals surface area contributed by atoms with Crippen molar-refractivity contribution in [3.05, 3.63) is 64.0 Å². The van der Waals surface area contributed by atoms with Crippen LogP contribution in [-0.4, -0.2) is 20.8 Å². The topological polar surface area (TPSA) is 101 Å². The predicted molar refractivity (Wildman–Crippen MR) is 81.9 cm³/mol. The second kappa shape index (κ2) is 5.28. The molecule has 0 saturated heterocycles. The zero-order chi connectivity index (χ0) is 15.7. The summed E-state index contributed by atoms with van der Waals surface area (Å²) in [5.41, 5.74) is 3.06. The van der Waals surface area contributed by atoms with Gasteiger partial charge in [0.05, 0.1) is 22.3 Å². The molecule has 110 valence electrons. The lowest BCUT2D eigenvalue weighted by Crippen LogP contribution is -2.12. The fourth-order valence-corrected chi connectivity index (χ4v) is 2.22. The molecule has 1 amide bonds. The summed E-state index contributed by atoms with van der Waals surface area (Å²) >= 11 is 0. The van der Waals surface area contributed by atoms with Gasteiger partial charge < -0.3 is 10.3 Å². The number of aromatic amines is 1. The van der Waals surface area contributed by atoms with E-state index < -0.39 is 4.92 Å². The van der Waals surface area contributed by atoms with Gasteiger partial charge in [-0.15, -0.1) is 0 Å². The van der Waals surface area contributed by atoms with E-state index in [1.165, 1.54) is 18.2 Å². The van der Waals surface area contributed by atoms with Gasteiger partial charge in [0.25, 0.3) is 11.6 Å². The number of nitrogens with one attached hydrogen (secondary N) is 2. The van der Waals surface area contributed by atoms with Crippen LogP contribution in [0.2, 0.25) is 0 Å². The van der Waals surface area contributed by atoms with E-state index in [1.54, 1.807) is 31.5 Å². The lowest BCUT2D eigenvalue weighted by atomic mass is 10.1. The van der Waals surface area contributed by atoms with Crippen LogP contribution < -0.4 is 5.32 Å². The number of anilines is 1. The minimum absolute atomic E-state index is 0.00423. The second-order valence-corrected chi connectivity index (χ2v) is 4.85. The highest BCUT2D eigenvalue weighted by Gasteiger charge is 2.14. The molecule has 1 aromatic heterocycles. The number of nitro benzene ring substituents is 1. The molecule has 3 rings (SSSR count). The van der Waals surface area contributed by atoms with Crippen molar-refractivity contribution in [2.45, 2.75) is 6.92 Å². The van der Waals surface area contributed by atoms with Crippen LogP contribution in [0, 0.1) is 17.0 Å². The zero-order valence-electron chi connectivity index (χ0n) is 11.7. The molecule has 0 aliphatic heterocycles. The van der Waals surface area contributed by atoms with Crippen molar-refractivity contribution in [2.24, 2.45) is 0 Å². The smallest absolute Gasteiger partial charge is 0.272 e. The van der Waals surface area contributed by atoms with E-state index in [1.807, 2.05) is 0 Å². The number of H-pyrrole nitrogens is 1. The number of fused-ring (bicyclic) bond motifs is 1. The van der Waals surface area contributed by atoms with E-state index in [2.05, 4.69) is 15.3 Å². The molecule has 0 spiro atoms. The maximum atomic E-state index is 12.2. The van der Waals surface area contributed by atoms with Gasteiger partial charge in [0, 0.05) is 22.9 Å². The summed E-state index contributed by atoms with van der Waals surface area (Å²) in [6, 6.07) is 9.60. The number of carbonyl (C=O) groups excluding carboxylic acids is 1. The first-order valence-electron chi connectivity index (χ1n) is 6.54. The number of nitrogens with zero attached hydrogens (tertiary/aromatic N) is 2. The quantitative estimate of drug-likeness (QED) is 0.573. The normalized spacial score (nSPS) is 10.6. The number of imidazole rings is 1. The Labute approximate surface area is 125 Å². The number of amides is 1. The van der Waals surface area contributed by atoms with E-state index in [-0.39, 0.29) is 11.6 Å². The summed E-state index contributed by atoms with van der Waals surface area (Å²) in [7, 11) is 0. The number of benzene rings is 2. The molecule has 3 aromatic rings. The monoisotopic (exact) mass is 296 g/mol. The van der Waals surface area contributed by atoms with Crippen molar-refractivity contribution in [3.63, 3.8) is 0 Å². The third-order valence-electron chi connectivity index (χ3n) is 3.33. The lowest BCUT2D eigenvalue weighted by molar-refractivity contribution is -0.385. The maximum Gasteiger partial charge on any atom is 0.272 e. The summed E-state index contributed by atoms with van der Waals surface area (Å²) in [5, 5.41) is 13.5. The molecule has 0 saturated carbocycles. The predicted octanol–water partition coefficient (Wildman–Crippen LogP) is 3.03. The highest BCUT2D eigenvalue weighted by atomic mass is 16.6. The van der Waals surface area contributed by atoms with Gasteiger partial charge in [0.2, 0.25) is 0 Å². The molecule has 0 bridgehead atoms. The Morgan fingerprint density at radius 1 is 1.27 bits per heavy atom. The van der Waals surface area contributed by atoms with Crippen LogP contribution in [0.1, 0.15) is 15.9 Å². The van der Waals surface area contributed by atoms with Gasteiger partial charge in [-0.25, -0.2) is 4.98 Å².